The molecule has 0 aliphatic carbocycles. The first-order chi connectivity index (χ1) is 12.6. The highest BCUT2D eigenvalue weighted by atomic mass is 19.1. The van der Waals surface area contributed by atoms with E-state index in [-0.39, 0.29) is 12.4 Å². The quantitative estimate of drug-likeness (QED) is 0.837. The molecule has 2 aromatic rings. The van der Waals surface area contributed by atoms with Crippen LogP contribution in [0.1, 0.15) is 17.5 Å². The van der Waals surface area contributed by atoms with Crippen molar-refractivity contribution in [3.05, 3.63) is 77.6 Å². The van der Waals surface area contributed by atoms with Crippen molar-refractivity contribution in [3.8, 4) is 0 Å². The lowest BCUT2D eigenvalue weighted by atomic mass is 9.73. The van der Waals surface area contributed by atoms with Gasteiger partial charge in [0.2, 0.25) is 0 Å². The summed E-state index contributed by atoms with van der Waals surface area (Å²) in [6, 6.07) is 16.4. The predicted octanol–water partition coefficient (Wildman–Crippen LogP) is 3.13. The fraction of sp³-hybridized carbons (Fsp3) is 0.364. The van der Waals surface area contributed by atoms with Crippen LogP contribution < -0.4 is 0 Å². The molecule has 1 aliphatic rings. The molecule has 0 bridgehead atoms. The number of aliphatic hydroxyl groups excluding tert-OH is 2. The highest BCUT2D eigenvalue weighted by Crippen LogP contribution is 2.34. The molecule has 0 radical (unpaired) electrons. The Morgan fingerprint density at radius 1 is 1.12 bits per heavy atom. The number of halogens is 1. The first-order valence-corrected chi connectivity index (χ1v) is 9.09. The average Bonchev–Trinajstić information content (AvgIpc) is 2.67. The van der Waals surface area contributed by atoms with Crippen molar-refractivity contribution in [3.63, 3.8) is 0 Å². The monoisotopic (exact) mass is 355 g/mol. The smallest absolute Gasteiger partial charge is 0.123 e. The standard InChI is InChI=1S/C22H26FNO2/c23-20-10-8-19(9-11-20)15-22(17-25)16-24(14-12-21(22)26)13-4-7-18-5-2-1-3-6-18/h1-11,21,25-26H,12-17H2/t21-,22-/m0/s1. The number of hydrogen-bond donors (Lipinski definition) is 2. The van der Waals surface area contributed by atoms with Gasteiger partial charge in [-0.25, -0.2) is 4.39 Å². The van der Waals surface area contributed by atoms with E-state index in [9.17, 15) is 14.6 Å². The fourth-order valence-electron chi connectivity index (χ4n) is 3.69. The Kier molecular flexibility index (Phi) is 6.20. The van der Waals surface area contributed by atoms with Gasteiger partial charge in [0.05, 0.1) is 12.7 Å². The van der Waals surface area contributed by atoms with Crippen LogP contribution in [0.3, 0.4) is 0 Å². The van der Waals surface area contributed by atoms with Crippen molar-refractivity contribution >= 4 is 6.08 Å². The van der Waals surface area contributed by atoms with Gasteiger partial charge in [0.25, 0.3) is 0 Å². The van der Waals surface area contributed by atoms with Crippen LogP contribution in [0.4, 0.5) is 4.39 Å². The molecule has 1 fully saturated rings. The molecule has 3 rings (SSSR count). The van der Waals surface area contributed by atoms with Gasteiger partial charge in [-0.2, -0.15) is 0 Å². The summed E-state index contributed by atoms with van der Waals surface area (Å²) >= 11 is 0. The summed E-state index contributed by atoms with van der Waals surface area (Å²) in [6.45, 7) is 2.09. The van der Waals surface area contributed by atoms with Crippen LogP contribution in [0.25, 0.3) is 6.08 Å². The maximum Gasteiger partial charge on any atom is 0.123 e. The van der Waals surface area contributed by atoms with E-state index >= 15 is 0 Å². The third-order valence-corrected chi connectivity index (χ3v) is 5.22. The average molecular weight is 355 g/mol. The second-order valence-corrected chi connectivity index (χ2v) is 7.18. The van der Waals surface area contributed by atoms with E-state index in [1.807, 2.05) is 18.2 Å². The van der Waals surface area contributed by atoms with Gasteiger partial charge in [0, 0.05) is 25.0 Å². The molecule has 3 nitrogen and oxygen atoms in total. The van der Waals surface area contributed by atoms with Crippen LogP contribution in [0.5, 0.6) is 0 Å². The van der Waals surface area contributed by atoms with Crippen molar-refractivity contribution < 1.29 is 14.6 Å². The van der Waals surface area contributed by atoms with Gasteiger partial charge in [0.1, 0.15) is 5.82 Å². The van der Waals surface area contributed by atoms with E-state index in [4.69, 9.17) is 0 Å². The summed E-state index contributed by atoms with van der Waals surface area (Å²) in [5.74, 6) is -0.274. The number of aliphatic hydroxyl groups is 2. The fourth-order valence-corrected chi connectivity index (χ4v) is 3.69. The summed E-state index contributed by atoms with van der Waals surface area (Å²) in [5, 5.41) is 20.6. The molecule has 0 aromatic heterocycles. The number of hydrogen-bond acceptors (Lipinski definition) is 3. The zero-order valence-electron chi connectivity index (χ0n) is 14.9. The van der Waals surface area contributed by atoms with Gasteiger partial charge in [-0.05, 0) is 36.1 Å². The third kappa shape index (κ3) is 4.58. The molecule has 0 saturated carbocycles. The normalized spacial score (nSPS) is 24.2. The lowest BCUT2D eigenvalue weighted by Crippen LogP contribution is -2.54. The number of rotatable bonds is 6. The van der Waals surface area contributed by atoms with Crippen LogP contribution in [0.2, 0.25) is 0 Å². The maximum atomic E-state index is 13.1. The largest absolute Gasteiger partial charge is 0.396 e. The molecular formula is C22H26FNO2. The summed E-state index contributed by atoms with van der Waals surface area (Å²) in [5.41, 5.74) is 1.47. The van der Waals surface area contributed by atoms with E-state index in [0.717, 1.165) is 24.2 Å². The Morgan fingerprint density at radius 3 is 2.54 bits per heavy atom. The highest BCUT2D eigenvalue weighted by molar-refractivity contribution is 5.48. The molecular weight excluding hydrogens is 329 g/mol. The summed E-state index contributed by atoms with van der Waals surface area (Å²) < 4.78 is 13.1. The third-order valence-electron chi connectivity index (χ3n) is 5.22. The molecule has 2 N–H and O–H groups in total. The number of likely N-dealkylation sites (tertiary alicyclic amines) is 1. The Bertz CT molecular complexity index is 717. The molecule has 138 valence electrons. The molecule has 0 spiro atoms. The lowest BCUT2D eigenvalue weighted by Gasteiger charge is -2.45. The molecule has 1 aliphatic heterocycles. The minimum Gasteiger partial charge on any atom is -0.396 e. The number of piperidine rings is 1. The Labute approximate surface area is 154 Å². The van der Waals surface area contributed by atoms with Crippen molar-refractivity contribution in [2.45, 2.75) is 18.9 Å². The highest BCUT2D eigenvalue weighted by Gasteiger charge is 2.42. The Hall–Kier alpha value is -2.01. The molecule has 1 heterocycles. The lowest BCUT2D eigenvalue weighted by molar-refractivity contribution is -0.0722. The van der Waals surface area contributed by atoms with Crippen LogP contribution in [-0.4, -0.2) is 47.5 Å². The van der Waals surface area contributed by atoms with Gasteiger partial charge < -0.3 is 10.2 Å². The second kappa shape index (κ2) is 8.58. The van der Waals surface area contributed by atoms with Crippen LogP contribution in [0, 0.1) is 11.2 Å². The molecule has 26 heavy (non-hydrogen) atoms. The minimum absolute atomic E-state index is 0.0928. The first kappa shape index (κ1) is 18.8. The topological polar surface area (TPSA) is 43.7 Å². The first-order valence-electron chi connectivity index (χ1n) is 9.09. The zero-order chi connectivity index (χ0) is 18.4. The van der Waals surface area contributed by atoms with Gasteiger partial charge in [-0.1, -0.05) is 54.6 Å². The molecule has 0 amide bonds. The van der Waals surface area contributed by atoms with Crippen molar-refractivity contribution in [1.82, 2.24) is 4.90 Å². The van der Waals surface area contributed by atoms with E-state index in [0.29, 0.717) is 19.4 Å². The zero-order valence-corrected chi connectivity index (χ0v) is 14.9. The second-order valence-electron chi connectivity index (χ2n) is 7.18. The van der Waals surface area contributed by atoms with Gasteiger partial charge >= 0.3 is 0 Å². The van der Waals surface area contributed by atoms with Crippen molar-refractivity contribution in [2.75, 3.05) is 26.2 Å². The maximum absolute atomic E-state index is 13.1. The molecule has 2 atom stereocenters. The SMILES string of the molecule is OC[C@]1(Cc2ccc(F)cc2)CN(CC=Cc2ccccc2)CC[C@@H]1O. The summed E-state index contributed by atoms with van der Waals surface area (Å²) in [6.07, 6.45) is 4.80. The molecule has 4 heteroatoms. The number of nitrogens with zero attached hydrogens (tertiary/aromatic N) is 1. The van der Waals surface area contributed by atoms with E-state index in [2.05, 4.69) is 29.2 Å². The number of benzene rings is 2. The molecule has 1 saturated heterocycles. The van der Waals surface area contributed by atoms with Crippen LogP contribution in [0.15, 0.2) is 60.7 Å². The van der Waals surface area contributed by atoms with E-state index in [1.54, 1.807) is 12.1 Å². The Balaban J connectivity index is 1.67. The van der Waals surface area contributed by atoms with Gasteiger partial charge in [-0.3, -0.25) is 4.90 Å². The van der Waals surface area contributed by atoms with E-state index in [1.165, 1.54) is 12.1 Å². The van der Waals surface area contributed by atoms with Gasteiger partial charge in [-0.15, -0.1) is 0 Å². The molecule has 0 unspecified atom stereocenters. The summed E-state index contributed by atoms with van der Waals surface area (Å²) in [4.78, 5) is 2.26. The predicted molar refractivity (Wildman–Crippen MR) is 102 cm³/mol. The van der Waals surface area contributed by atoms with Crippen LogP contribution >= 0.6 is 0 Å². The van der Waals surface area contributed by atoms with Crippen molar-refractivity contribution in [2.24, 2.45) is 5.41 Å². The van der Waals surface area contributed by atoms with Crippen LogP contribution in [-0.2, 0) is 6.42 Å². The van der Waals surface area contributed by atoms with Gasteiger partial charge in [0.15, 0.2) is 0 Å². The van der Waals surface area contributed by atoms with Crippen molar-refractivity contribution in [1.29, 1.82) is 0 Å². The summed E-state index contributed by atoms with van der Waals surface area (Å²) in [7, 11) is 0. The molecule has 2 aromatic carbocycles. The van der Waals surface area contributed by atoms with E-state index < -0.39 is 11.5 Å². The minimum atomic E-state index is -0.614. The Morgan fingerprint density at radius 2 is 1.85 bits per heavy atom.